The molecule has 0 saturated heterocycles. The summed E-state index contributed by atoms with van der Waals surface area (Å²) in [4.78, 5) is 24.2. The number of hydrogen-bond acceptors (Lipinski definition) is 5. The molecule has 1 aromatic carbocycles. The standard InChI is InChI=1S/C15H13F3N6O/c16-15(17,18)9-6-19-13(24-12(9)20-7-1-2-7)21-8-3-4-10-11(5-8)23-14(25)22-10/h3-7H,1-2H2,(H2,22,23,25)(H2,19,20,21,24). The van der Waals surface area contributed by atoms with E-state index in [-0.39, 0.29) is 23.5 Å². The van der Waals surface area contributed by atoms with Crippen LogP contribution in [0.1, 0.15) is 18.4 Å². The first-order valence-corrected chi connectivity index (χ1v) is 7.58. The molecule has 1 aliphatic carbocycles. The van der Waals surface area contributed by atoms with Gasteiger partial charge >= 0.3 is 11.9 Å². The van der Waals surface area contributed by atoms with Crippen molar-refractivity contribution in [1.29, 1.82) is 0 Å². The van der Waals surface area contributed by atoms with Crippen LogP contribution >= 0.6 is 0 Å². The van der Waals surface area contributed by atoms with E-state index < -0.39 is 11.7 Å². The molecular formula is C15H13F3N6O. The van der Waals surface area contributed by atoms with Gasteiger partial charge in [0.2, 0.25) is 5.95 Å². The lowest BCUT2D eigenvalue weighted by atomic mass is 10.2. The molecule has 10 heteroatoms. The van der Waals surface area contributed by atoms with Gasteiger partial charge in [-0.15, -0.1) is 0 Å². The third-order valence-electron chi connectivity index (χ3n) is 3.78. The SMILES string of the molecule is O=c1[nH]c2ccc(Nc3ncc(C(F)(F)F)c(NC4CC4)n3)cc2[nH]1. The molecule has 4 N–H and O–H groups in total. The van der Waals surface area contributed by atoms with Gasteiger partial charge in [0.25, 0.3) is 0 Å². The highest BCUT2D eigenvalue weighted by atomic mass is 19.4. The Labute approximate surface area is 138 Å². The van der Waals surface area contributed by atoms with Crippen LogP contribution in [0.3, 0.4) is 0 Å². The fourth-order valence-corrected chi connectivity index (χ4v) is 2.42. The molecule has 2 aromatic heterocycles. The lowest BCUT2D eigenvalue weighted by Gasteiger charge is -2.14. The van der Waals surface area contributed by atoms with E-state index in [2.05, 4.69) is 30.6 Å². The van der Waals surface area contributed by atoms with Crippen molar-refractivity contribution in [2.24, 2.45) is 0 Å². The predicted molar refractivity (Wildman–Crippen MR) is 85.9 cm³/mol. The Bertz CT molecular complexity index is 989. The van der Waals surface area contributed by atoms with Crippen molar-refractivity contribution in [3.8, 4) is 0 Å². The van der Waals surface area contributed by atoms with Gasteiger partial charge in [-0.05, 0) is 31.0 Å². The molecule has 1 saturated carbocycles. The average molecular weight is 350 g/mol. The molecular weight excluding hydrogens is 337 g/mol. The van der Waals surface area contributed by atoms with Crippen LogP contribution < -0.4 is 16.3 Å². The van der Waals surface area contributed by atoms with Crippen LogP contribution in [-0.4, -0.2) is 26.0 Å². The summed E-state index contributed by atoms with van der Waals surface area (Å²) in [6, 6.07) is 5.00. The highest BCUT2D eigenvalue weighted by Crippen LogP contribution is 2.36. The summed E-state index contributed by atoms with van der Waals surface area (Å²) in [6.45, 7) is 0. The highest BCUT2D eigenvalue weighted by molar-refractivity contribution is 5.79. The van der Waals surface area contributed by atoms with Gasteiger partial charge in [0.1, 0.15) is 11.4 Å². The molecule has 0 radical (unpaired) electrons. The summed E-state index contributed by atoms with van der Waals surface area (Å²) in [7, 11) is 0. The molecule has 130 valence electrons. The van der Waals surface area contributed by atoms with E-state index in [1.807, 2.05) is 0 Å². The first-order chi connectivity index (χ1) is 11.9. The Kier molecular flexibility index (Phi) is 3.41. The van der Waals surface area contributed by atoms with Gasteiger partial charge in [-0.2, -0.15) is 18.2 Å². The Morgan fingerprint density at radius 3 is 2.64 bits per heavy atom. The molecule has 1 fully saturated rings. The van der Waals surface area contributed by atoms with Crippen molar-refractivity contribution in [3.05, 3.63) is 40.4 Å². The van der Waals surface area contributed by atoms with Crippen molar-refractivity contribution in [2.75, 3.05) is 10.6 Å². The van der Waals surface area contributed by atoms with E-state index in [4.69, 9.17) is 0 Å². The molecule has 7 nitrogen and oxygen atoms in total. The molecule has 3 aromatic rings. The number of aromatic nitrogens is 4. The van der Waals surface area contributed by atoms with Gasteiger partial charge < -0.3 is 20.6 Å². The summed E-state index contributed by atoms with van der Waals surface area (Å²) in [5.41, 5.74) is 0.502. The Hall–Kier alpha value is -3.04. The maximum atomic E-state index is 13.1. The number of imidazole rings is 1. The fraction of sp³-hybridized carbons (Fsp3) is 0.267. The van der Waals surface area contributed by atoms with Crippen molar-refractivity contribution in [3.63, 3.8) is 0 Å². The number of benzene rings is 1. The van der Waals surface area contributed by atoms with E-state index in [0.717, 1.165) is 19.0 Å². The Balaban J connectivity index is 1.65. The number of anilines is 3. The maximum absolute atomic E-state index is 13.1. The normalized spacial score (nSPS) is 14.7. The second kappa shape index (κ2) is 5.50. The average Bonchev–Trinajstić information content (AvgIpc) is 3.25. The van der Waals surface area contributed by atoms with Crippen molar-refractivity contribution in [1.82, 2.24) is 19.9 Å². The van der Waals surface area contributed by atoms with Crippen LogP contribution in [0.4, 0.5) is 30.6 Å². The zero-order chi connectivity index (χ0) is 17.6. The first kappa shape index (κ1) is 15.5. The molecule has 0 unspecified atom stereocenters. The number of H-pyrrole nitrogens is 2. The second-order valence-electron chi connectivity index (χ2n) is 5.84. The summed E-state index contributed by atoms with van der Waals surface area (Å²) < 4.78 is 39.2. The van der Waals surface area contributed by atoms with Gasteiger partial charge in [0.05, 0.1) is 11.0 Å². The molecule has 25 heavy (non-hydrogen) atoms. The Morgan fingerprint density at radius 1 is 1.16 bits per heavy atom. The largest absolute Gasteiger partial charge is 0.421 e. The zero-order valence-corrected chi connectivity index (χ0v) is 12.7. The molecule has 0 spiro atoms. The lowest BCUT2D eigenvalue weighted by Crippen LogP contribution is -2.15. The molecule has 0 atom stereocenters. The monoisotopic (exact) mass is 350 g/mol. The molecule has 2 heterocycles. The summed E-state index contributed by atoms with van der Waals surface area (Å²) in [5, 5.41) is 5.64. The smallest absolute Gasteiger partial charge is 0.367 e. The molecule has 1 aliphatic rings. The van der Waals surface area contributed by atoms with Crippen molar-refractivity contribution in [2.45, 2.75) is 25.1 Å². The molecule has 0 amide bonds. The third-order valence-corrected chi connectivity index (χ3v) is 3.78. The minimum absolute atomic E-state index is 0.0186. The zero-order valence-electron chi connectivity index (χ0n) is 12.7. The number of aromatic amines is 2. The van der Waals surface area contributed by atoms with Gasteiger partial charge in [-0.3, -0.25) is 0 Å². The van der Waals surface area contributed by atoms with Crippen molar-refractivity contribution >= 4 is 28.5 Å². The highest BCUT2D eigenvalue weighted by Gasteiger charge is 2.36. The number of alkyl halides is 3. The van der Waals surface area contributed by atoms with Crippen molar-refractivity contribution < 1.29 is 13.2 Å². The lowest BCUT2D eigenvalue weighted by molar-refractivity contribution is -0.137. The minimum Gasteiger partial charge on any atom is -0.367 e. The van der Waals surface area contributed by atoms with Crippen LogP contribution in [0.2, 0.25) is 0 Å². The van der Waals surface area contributed by atoms with Crippen LogP contribution in [0.5, 0.6) is 0 Å². The topological polar surface area (TPSA) is 98.5 Å². The van der Waals surface area contributed by atoms with E-state index in [9.17, 15) is 18.0 Å². The number of nitrogens with one attached hydrogen (secondary N) is 4. The minimum atomic E-state index is -4.53. The number of nitrogens with zero attached hydrogens (tertiary/aromatic N) is 2. The number of halogens is 3. The summed E-state index contributed by atoms with van der Waals surface area (Å²) in [6.07, 6.45) is -2.13. The molecule has 0 bridgehead atoms. The van der Waals surface area contributed by atoms with E-state index in [1.165, 1.54) is 0 Å². The second-order valence-corrected chi connectivity index (χ2v) is 5.84. The molecule has 0 aliphatic heterocycles. The van der Waals surface area contributed by atoms with Gasteiger partial charge in [-0.25, -0.2) is 9.78 Å². The van der Waals surface area contributed by atoms with Gasteiger partial charge in [-0.1, -0.05) is 0 Å². The molecule has 4 rings (SSSR count). The summed E-state index contributed by atoms with van der Waals surface area (Å²) >= 11 is 0. The quantitative estimate of drug-likeness (QED) is 0.580. The van der Waals surface area contributed by atoms with E-state index >= 15 is 0 Å². The number of rotatable bonds is 4. The van der Waals surface area contributed by atoms with Crippen LogP contribution in [0.15, 0.2) is 29.2 Å². The van der Waals surface area contributed by atoms with E-state index in [0.29, 0.717) is 16.7 Å². The van der Waals surface area contributed by atoms with Crippen LogP contribution in [0.25, 0.3) is 11.0 Å². The predicted octanol–water partition coefficient (Wildman–Crippen LogP) is 2.98. The van der Waals surface area contributed by atoms with Gasteiger partial charge in [0, 0.05) is 17.9 Å². The van der Waals surface area contributed by atoms with Gasteiger partial charge in [0.15, 0.2) is 0 Å². The first-order valence-electron chi connectivity index (χ1n) is 7.58. The van der Waals surface area contributed by atoms with Crippen LogP contribution in [0, 0.1) is 0 Å². The van der Waals surface area contributed by atoms with E-state index in [1.54, 1.807) is 18.2 Å². The Morgan fingerprint density at radius 2 is 1.92 bits per heavy atom. The summed E-state index contributed by atoms with van der Waals surface area (Å²) in [5.74, 6) is -0.197. The number of hydrogen-bond donors (Lipinski definition) is 4. The number of fused-ring (bicyclic) bond motifs is 1. The maximum Gasteiger partial charge on any atom is 0.421 e. The van der Waals surface area contributed by atoms with Crippen LogP contribution in [-0.2, 0) is 6.18 Å². The fourth-order valence-electron chi connectivity index (χ4n) is 2.42. The third kappa shape index (κ3) is 3.28.